The number of ketones is 1. The molecule has 0 aromatic carbocycles. The van der Waals surface area contributed by atoms with Crippen LogP contribution in [0.25, 0.3) is 0 Å². The Kier molecular flexibility index (Phi) is 1.39. The van der Waals surface area contributed by atoms with Gasteiger partial charge in [-0.2, -0.15) is 0 Å². The van der Waals surface area contributed by atoms with E-state index in [2.05, 4.69) is 5.73 Å². The number of primary amides is 1. The van der Waals surface area contributed by atoms with Gasteiger partial charge in [-0.25, -0.2) is 0 Å². The highest BCUT2D eigenvalue weighted by atomic mass is 16.1. The van der Waals surface area contributed by atoms with Crippen molar-refractivity contribution < 1.29 is 16.4 Å². The Morgan fingerprint density at radius 3 is 2.60 bits per heavy atom. The Morgan fingerprint density at radius 1 is 1.80 bits per heavy atom. The second-order valence-electron chi connectivity index (χ2n) is 1.58. The molecule has 58 valence electrons. The summed E-state index contributed by atoms with van der Waals surface area (Å²) in [7, 11) is 0. The van der Waals surface area contributed by atoms with Crippen LogP contribution in [-0.4, -0.2) is 17.7 Å². The lowest BCUT2D eigenvalue weighted by Crippen LogP contribution is -2.36. The molecule has 4 nitrogen and oxygen atoms in total. The fourth-order valence-corrected chi connectivity index (χ4v) is 0.217. The van der Waals surface area contributed by atoms with Crippen LogP contribution in [0, 0.1) is 0 Å². The summed E-state index contributed by atoms with van der Waals surface area (Å²) in [4.78, 5) is 21.6. The van der Waals surface area contributed by atoms with Crippen molar-refractivity contribution in [2.45, 2.75) is 25.7 Å². The third-order valence-electron chi connectivity index (χ3n) is 0.639. The molecule has 4 N–H and O–H groups in total. The van der Waals surface area contributed by atoms with Gasteiger partial charge in [0.2, 0.25) is 5.91 Å². The van der Waals surface area contributed by atoms with Crippen LogP contribution in [-0.2, 0) is 9.59 Å². The van der Waals surface area contributed by atoms with E-state index in [4.69, 9.17) is 12.6 Å². The molecule has 0 radical (unpaired) electrons. The van der Waals surface area contributed by atoms with Gasteiger partial charge in [0.25, 0.3) is 0 Å². The molecular formula is C6H12N2O2. The van der Waals surface area contributed by atoms with Gasteiger partial charge in [-0.3, -0.25) is 4.79 Å². The molecule has 0 aliphatic carbocycles. The molecule has 1 amide bonds. The van der Waals surface area contributed by atoms with Gasteiger partial charge in [-0.05, 0) is 13.3 Å². The molecule has 0 unspecified atom stereocenters. The highest BCUT2D eigenvalue weighted by Crippen LogP contribution is 1.93. The molecule has 0 aromatic rings. The van der Waals surface area contributed by atoms with Crippen molar-refractivity contribution in [1.82, 2.24) is 0 Å². The maximum absolute atomic E-state index is 10.9. The number of carbonyl (C=O) groups is 2. The minimum Gasteiger partial charge on any atom is -0.368 e. The van der Waals surface area contributed by atoms with E-state index >= 15 is 0 Å². The Hall–Kier alpha value is -0.900. The van der Waals surface area contributed by atoms with Crippen LogP contribution in [0.2, 0.25) is 0 Å². The number of amides is 1. The van der Waals surface area contributed by atoms with Gasteiger partial charge in [0.05, 0.1) is 7.39 Å². The zero-order valence-electron chi connectivity index (χ0n) is 10.5. The number of rotatable bonds is 4. The zero-order valence-corrected chi connectivity index (χ0v) is 5.47. The lowest BCUT2D eigenvalue weighted by atomic mass is 10.1. The number of carbonyl (C=O) groups excluding carboxylic acids is 2. The molecule has 4 heteroatoms. The van der Waals surface area contributed by atoms with Gasteiger partial charge in [-0.15, -0.1) is 0 Å². The summed E-state index contributed by atoms with van der Waals surface area (Å²) in [6.45, 7) is 0.800. The van der Waals surface area contributed by atoms with Crippen molar-refractivity contribution in [2.75, 3.05) is 0 Å². The third-order valence-corrected chi connectivity index (χ3v) is 0.639. The summed E-state index contributed by atoms with van der Waals surface area (Å²) in [5, 5.41) is 0. The first-order valence-corrected chi connectivity index (χ1v) is 2.49. The Labute approximate surface area is 66.6 Å². The van der Waals surface area contributed by atoms with Gasteiger partial charge in [0.15, 0.2) is 0 Å². The highest BCUT2D eigenvalue weighted by molar-refractivity contribution is 5.81. The minimum absolute atomic E-state index is 0.800. The summed E-state index contributed by atoms with van der Waals surface area (Å²) < 4.78 is 36.0. The van der Waals surface area contributed by atoms with Crippen molar-refractivity contribution in [2.24, 2.45) is 11.5 Å². The fraction of sp³-hybridized carbons (Fsp3) is 0.667. The Balaban J connectivity index is 5.50. The normalized spacial score (nSPS) is 26.0. The first-order valence-electron chi connectivity index (χ1n) is 4.99. The number of hydrogen-bond donors (Lipinski definition) is 2. The van der Waals surface area contributed by atoms with Gasteiger partial charge in [0.1, 0.15) is 5.78 Å². The SMILES string of the molecule is [2H]C([2H])(C(C)=O)C([2H])([2H])[C@]([2H])(N)C(N)=O. The number of hydrogen-bond acceptors (Lipinski definition) is 3. The first-order chi connectivity index (χ1) is 6.39. The molecule has 0 fully saturated rings. The van der Waals surface area contributed by atoms with E-state index in [1.807, 2.05) is 0 Å². The standard InChI is InChI=1S/C6H12N2O2/c1-4(9)2-3-5(7)6(8)10/h5H,2-3,7H2,1H3,(H2,8,10)/t5-/m0/s1/i2D2,3D2,5D. The molecule has 0 heterocycles. The monoisotopic (exact) mass is 149 g/mol. The minimum atomic E-state index is -3.21. The van der Waals surface area contributed by atoms with Crippen LogP contribution in [0.15, 0.2) is 0 Å². The summed E-state index contributed by atoms with van der Waals surface area (Å²) in [5.41, 5.74) is 9.67. The molecule has 0 saturated carbocycles. The molecule has 0 aliphatic rings. The lowest BCUT2D eigenvalue weighted by Gasteiger charge is -2.03. The van der Waals surface area contributed by atoms with Crippen LogP contribution >= 0.6 is 0 Å². The van der Waals surface area contributed by atoms with Crippen LogP contribution in [0.4, 0.5) is 0 Å². The largest absolute Gasteiger partial charge is 0.368 e. The van der Waals surface area contributed by atoms with Crippen molar-refractivity contribution >= 4 is 11.7 Å². The van der Waals surface area contributed by atoms with Gasteiger partial charge < -0.3 is 16.3 Å². The summed E-state index contributed by atoms with van der Waals surface area (Å²) in [6, 6.07) is -3.01. The highest BCUT2D eigenvalue weighted by Gasteiger charge is 2.08. The van der Waals surface area contributed by atoms with Crippen LogP contribution in [0.1, 0.15) is 26.5 Å². The van der Waals surface area contributed by atoms with E-state index in [1.54, 1.807) is 0 Å². The molecule has 0 aliphatic heterocycles. The second kappa shape index (κ2) is 4.00. The molecule has 0 saturated heterocycles. The van der Waals surface area contributed by atoms with Gasteiger partial charge in [-0.1, -0.05) is 0 Å². The number of nitrogens with two attached hydrogens (primary N) is 2. The van der Waals surface area contributed by atoms with Crippen molar-refractivity contribution in [3.05, 3.63) is 0 Å². The molecule has 10 heavy (non-hydrogen) atoms. The summed E-state index contributed by atoms with van der Waals surface area (Å²) in [5.74, 6) is -2.71. The number of Topliss-reactive ketones (excluding diaryl/α,β-unsaturated/α-hetero) is 1. The van der Waals surface area contributed by atoms with E-state index in [1.165, 1.54) is 0 Å². The van der Waals surface area contributed by atoms with E-state index in [0.29, 0.717) is 0 Å². The quantitative estimate of drug-likeness (QED) is 0.547. The van der Waals surface area contributed by atoms with E-state index in [-0.39, 0.29) is 0 Å². The van der Waals surface area contributed by atoms with Crippen LogP contribution in [0.5, 0.6) is 0 Å². The van der Waals surface area contributed by atoms with E-state index in [9.17, 15) is 9.59 Å². The molecule has 0 bridgehead atoms. The molecule has 0 aromatic heterocycles. The van der Waals surface area contributed by atoms with E-state index < -0.39 is 30.5 Å². The Morgan fingerprint density at radius 2 is 2.30 bits per heavy atom. The summed E-state index contributed by atoms with van der Waals surface area (Å²) in [6.07, 6.45) is -6.27. The predicted octanol–water partition coefficient (Wildman–Crippen LogP) is -0.832. The lowest BCUT2D eigenvalue weighted by molar-refractivity contribution is -0.120. The smallest absolute Gasteiger partial charge is 0.234 e. The maximum atomic E-state index is 10.9. The zero-order chi connectivity index (χ0) is 12.7. The summed E-state index contributed by atoms with van der Waals surface area (Å²) >= 11 is 0. The maximum Gasteiger partial charge on any atom is 0.234 e. The molecule has 0 spiro atoms. The van der Waals surface area contributed by atoms with Gasteiger partial charge >= 0.3 is 0 Å². The third kappa shape index (κ3) is 4.03. The van der Waals surface area contributed by atoms with E-state index in [0.717, 1.165) is 6.92 Å². The Bertz CT molecular complexity index is 274. The van der Waals surface area contributed by atoms with Crippen molar-refractivity contribution in [1.29, 1.82) is 0 Å². The molecular weight excluding hydrogens is 132 g/mol. The van der Waals surface area contributed by atoms with Crippen molar-refractivity contribution in [3.8, 4) is 0 Å². The molecule has 1 atom stereocenters. The van der Waals surface area contributed by atoms with Crippen LogP contribution < -0.4 is 11.5 Å². The average molecular weight is 149 g/mol. The predicted molar refractivity (Wildman–Crippen MR) is 37.1 cm³/mol. The topological polar surface area (TPSA) is 86.2 Å². The first kappa shape index (κ1) is 3.48. The second-order valence-corrected chi connectivity index (χ2v) is 1.58. The average Bonchev–Trinajstić information content (AvgIpc) is 2.02. The molecule has 0 rings (SSSR count). The fourth-order valence-electron chi connectivity index (χ4n) is 0.217. The van der Waals surface area contributed by atoms with Crippen LogP contribution in [0.3, 0.4) is 0 Å². The van der Waals surface area contributed by atoms with Gasteiger partial charge in [0, 0.05) is 11.9 Å². The van der Waals surface area contributed by atoms with Crippen molar-refractivity contribution in [3.63, 3.8) is 0 Å².